The lowest BCUT2D eigenvalue weighted by atomic mass is 9.73. The van der Waals surface area contributed by atoms with Crippen molar-refractivity contribution in [2.45, 2.75) is 96.5 Å². The molecule has 0 spiro atoms. The summed E-state index contributed by atoms with van der Waals surface area (Å²) in [5.41, 5.74) is 4.84. The lowest BCUT2D eigenvalue weighted by Gasteiger charge is -2.39. The van der Waals surface area contributed by atoms with E-state index >= 15 is 0 Å². The van der Waals surface area contributed by atoms with Crippen LogP contribution in [0.2, 0.25) is 0 Å². The Balaban J connectivity index is 1.59. The van der Waals surface area contributed by atoms with Gasteiger partial charge in [0.15, 0.2) is 0 Å². The first-order valence-corrected chi connectivity index (χ1v) is 12.3. The number of aryl methyl sites for hydroxylation is 1. The average molecular weight is 408 g/mol. The van der Waals surface area contributed by atoms with E-state index in [2.05, 4.69) is 56.4 Å². The Labute approximate surface area is 184 Å². The predicted octanol–water partition coefficient (Wildman–Crippen LogP) is 8.09. The maximum Gasteiger partial charge on any atom is 0.0927 e. The van der Waals surface area contributed by atoms with Crippen molar-refractivity contribution in [1.29, 1.82) is 0 Å². The second-order valence-electron chi connectivity index (χ2n) is 9.22. The Morgan fingerprint density at radius 3 is 2.23 bits per heavy atom. The molecule has 1 aromatic carbocycles. The summed E-state index contributed by atoms with van der Waals surface area (Å²) in [7, 11) is 1.89. The number of ether oxygens (including phenoxy) is 1. The van der Waals surface area contributed by atoms with Crippen molar-refractivity contribution < 1.29 is 4.74 Å². The van der Waals surface area contributed by atoms with Gasteiger partial charge in [0, 0.05) is 18.9 Å². The highest BCUT2D eigenvalue weighted by Crippen LogP contribution is 2.43. The molecule has 2 heteroatoms. The van der Waals surface area contributed by atoms with Crippen LogP contribution in [0, 0.1) is 5.92 Å². The summed E-state index contributed by atoms with van der Waals surface area (Å²) in [6.07, 6.45) is 17.3. The van der Waals surface area contributed by atoms with Crippen molar-refractivity contribution in [2.24, 2.45) is 5.92 Å². The highest BCUT2D eigenvalue weighted by molar-refractivity contribution is 5.59. The third kappa shape index (κ3) is 5.94. The number of benzene rings is 1. The van der Waals surface area contributed by atoms with Crippen LogP contribution in [0.5, 0.6) is 0 Å². The minimum atomic E-state index is -0.0994. The molecule has 1 heterocycles. The summed E-state index contributed by atoms with van der Waals surface area (Å²) in [6, 6.07) is 13.4. The number of rotatable bonds is 11. The number of aromatic nitrogens is 1. The molecule has 3 rings (SSSR count). The normalized spacial score (nSPS) is 21.6. The quantitative estimate of drug-likeness (QED) is 0.351. The molecule has 1 aromatic heterocycles. The smallest absolute Gasteiger partial charge is 0.0927 e. The second-order valence-corrected chi connectivity index (χ2v) is 9.22. The Bertz CT molecular complexity index is 726. The van der Waals surface area contributed by atoms with Crippen molar-refractivity contribution in [3.05, 3.63) is 53.7 Å². The number of methoxy groups -OCH3 is 1. The largest absolute Gasteiger partial charge is 0.374 e. The van der Waals surface area contributed by atoms with Crippen LogP contribution in [0.25, 0.3) is 11.3 Å². The standard InChI is InChI=1S/C28H41NO/c1-4-6-7-8-9-11-24-12-17-27(29-22-24)25-13-15-26(16-14-25)28(30-3)20-18-23(10-5-2)19-21-28/h12-17,22-23H,4-11,18-21H2,1-3H3. The predicted molar refractivity (Wildman–Crippen MR) is 128 cm³/mol. The zero-order chi connectivity index (χ0) is 21.2. The molecule has 2 aromatic rings. The summed E-state index contributed by atoms with van der Waals surface area (Å²) in [4.78, 5) is 4.74. The molecule has 0 aliphatic heterocycles. The minimum Gasteiger partial charge on any atom is -0.374 e. The average Bonchev–Trinajstić information content (AvgIpc) is 2.80. The van der Waals surface area contributed by atoms with Crippen LogP contribution in [0.15, 0.2) is 42.6 Å². The molecule has 2 nitrogen and oxygen atoms in total. The van der Waals surface area contributed by atoms with E-state index in [4.69, 9.17) is 9.72 Å². The van der Waals surface area contributed by atoms with Crippen LogP contribution in [0.4, 0.5) is 0 Å². The van der Waals surface area contributed by atoms with Crippen LogP contribution < -0.4 is 0 Å². The molecular weight excluding hydrogens is 366 g/mol. The molecular formula is C28H41NO. The van der Waals surface area contributed by atoms with E-state index in [0.717, 1.165) is 30.9 Å². The SMILES string of the molecule is CCCCCCCc1ccc(-c2ccc(C3(OC)CCC(CCC)CC3)cc2)nc1. The Kier molecular flexibility index (Phi) is 8.93. The Morgan fingerprint density at radius 2 is 1.63 bits per heavy atom. The molecule has 0 saturated heterocycles. The van der Waals surface area contributed by atoms with E-state index in [-0.39, 0.29) is 5.60 Å². The highest BCUT2D eigenvalue weighted by atomic mass is 16.5. The first kappa shape index (κ1) is 23.0. The van der Waals surface area contributed by atoms with Crippen LogP contribution in [0.1, 0.15) is 95.6 Å². The molecule has 30 heavy (non-hydrogen) atoms. The highest BCUT2D eigenvalue weighted by Gasteiger charge is 2.36. The van der Waals surface area contributed by atoms with Gasteiger partial charge < -0.3 is 4.74 Å². The number of pyridine rings is 1. The maximum atomic E-state index is 6.10. The fraction of sp³-hybridized carbons (Fsp3) is 0.607. The van der Waals surface area contributed by atoms with Crippen LogP contribution in [-0.2, 0) is 16.8 Å². The van der Waals surface area contributed by atoms with Gasteiger partial charge in [0.25, 0.3) is 0 Å². The van der Waals surface area contributed by atoms with Crippen molar-refractivity contribution in [1.82, 2.24) is 4.98 Å². The topological polar surface area (TPSA) is 22.1 Å². The van der Waals surface area contributed by atoms with E-state index in [9.17, 15) is 0 Å². The third-order valence-electron chi connectivity index (χ3n) is 7.10. The van der Waals surface area contributed by atoms with Gasteiger partial charge in [-0.3, -0.25) is 4.98 Å². The molecule has 1 aliphatic carbocycles. The first-order valence-electron chi connectivity index (χ1n) is 12.3. The van der Waals surface area contributed by atoms with Gasteiger partial charge in [-0.15, -0.1) is 0 Å². The van der Waals surface area contributed by atoms with Crippen LogP contribution >= 0.6 is 0 Å². The van der Waals surface area contributed by atoms with Crippen LogP contribution in [0.3, 0.4) is 0 Å². The molecule has 0 N–H and O–H groups in total. The maximum absolute atomic E-state index is 6.10. The minimum absolute atomic E-state index is 0.0994. The molecule has 0 bridgehead atoms. The summed E-state index contributed by atoms with van der Waals surface area (Å²) in [6.45, 7) is 4.56. The van der Waals surface area contributed by atoms with Gasteiger partial charge >= 0.3 is 0 Å². The summed E-state index contributed by atoms with van der Waals surface area (Å²) < 4.78 is 6.10. The van der Waals surface area contributed by atoms with E-state index in [1.54, 1.807) is 0 Å². The number of nitrogens with zero attached hydrogens (tertiary/aromatic N) is 1. The van der Waals surface area contributed by atoms with E-state index in [0.29, 0.717) is 0 Å². The van der Waals surface area contributed by atoms with Gasteiger partial charge in [-0.2, -0.15) is 0 Å². The molecule has 164 valence electrons. The summed E-state index contributed by atoms with van der Waals surface area (Å²) >= 11 is 0. The van der Waals surface area contributed by atoms with Crippen LogP contribution in [-0.4, -0.2) is 12.1 Å². The second kappa shape index (κ2) is 11.6. The van der Waals surface area contributed by atoms with Gasteiger partial charge in [0.1, 0.15) is 0 Å². The zero-order valence-corrected chi connectivity index (χ0v) is 19.5. The molecule has 0 atom stereocenters. The molecule has 1 saturated carbocycles. The van der Waals surface area contributed by atoms with E-state index < -0.39 is 0 Å². The summed E-state index contributed by atoms with van der Waals surface area (Å²) in [5, 5.41) is 0. The zero-order valence-electron chi connectivity index (χ0n) is 19.5. The first-order chi connectivity index (χ1) is 14.7. The number of unbranched alkanes of at least 4 members (excludes halogenated alkanes) is 4. The van der Waals surface area contributed by atoms with Crippen molar-refractivity contribution in [3.63, 3.8) is 0 Å². The molecule has 0 unspecified atom stereocenters. The van der Waals surface area contributed by atoms with Gasteiger partial charge in [0.05, 0.1) is 11.3 Å². The fourth-order valence-corrected chi connectivity index (χ4v) is 5.07. The monoisotopic (exact) mass is 407 g/mol. The Morgan fingerprint density at radius 1 is 0.900 bits per heavy atom. The Hall–Kier alpha value is -1.67. The van der Waals surface area contributed by atoms with Gasteiger partial charge in [-0.05, 0) is 61.6 Å². The van der Waals surface area contributed by atoms with Gasteiger partial charge in [-0.25, -0.2) is 0 Å². The number of hydrogen-bond donors (Lipinski definition) is 0. The fourth-order valence-electron chi connectivity index (χ4n) is 5.07. The van der Waals surface area contributed by atoms with Crippen molar-refractivity contribution in [3.8, 4) is 11.3 Å². The summed E-state index contributed by atoms with van der Waals surface area (Å²) in [5.74, 6) is 0.881. The van der Waals surface area contributed by atoms with E-state index in [1.807, 2.05) is 7.11 Å². The lowest BCUT2D eigenvalue weighted by Crippen LogP contribution is -2.33. The number of hydrogen-bond acceptors (Lipinski definition) is 2. The third-order valence-corrected chi connectivity index (χ3v) is 7.10. The molecule has 1 aliphatic rings. The van der Waals surface area contributed by atoms with Gasteiger partial charge in [0.2, 0.25) is 0 Å². The van der Waals surface area contributed by atoms with Crippen molar-refractivity contribution in [2.75, 3.05) is 7.11 Å². The van der Waals surface area contributed by atoms with Crippen molar-refractivity contribution >= 4 is 0 Å². The molecule has 0 amide bonds. The van der Waals surface area contributed by atoms with Gasteiger partial charge in [-0.1, -0.05) is 82.7 Å². The molecule has 0 radical (unpaired) electrons. The van der Waals surface area contributed by atoms with E-state index in [1.165, 1.54) is 74.5 Å². The molecule has 1 fully saturated rings. The lowest BCUT2D eigenvalue weighted by molar-refractivity contribution is -0.0552.